The zero-order chi connectivity index (χ0) is 14.6. The first-order chi connectivity index (χ1) is 8.95. The van der Waals surface area contributed by atoms with Gasteiger partial charge in [0.2, 0.25) is 0 Å². The second kappa shape index (κ2) is 11.5. The first-order valence-corrected chi connectivity index (χ1v) is 11.7. The number of halogens is 1. The molecular weight excluding hydrogens is 276 g/mol. The number of hydrogen-bond acceptors (Lipinski definition) is 2. The van der Waals surface area contributed by atoms with Crippen molar-refractivity contribution in [2.45, 2.75) is 70.5 Å². The summed E-state index contributed by atoms with van der Waals surface area (Å²) in [5, 5.41) is 0. The molecule has 0 aromatic carbocycles. The van der Waals surface area contributed by atoms with E-state index < -0.39 is 7.38 Å². The lowest BCUT2D eigenvalue weighted by atomic mass is 10.1. The van der Waals surface area contributed by atoms with Crippen LogP contribution in [0.25, 0.3) is 0 Å². The Morgan fingerprint density at radius 3 is 2.00 bits per heavy atom. The van der Waals surface area contributed by atoms with Gasteiger partial charge in [0.25, 0.3) is 0 Å². The topological polar surface area (TPSA) is 26.3 Å². The second-order valence-corrected chi connectivity index (χ2v) is 12.7. The highest BCUT2D eigenvalue weighted by Crippen LogP contribution is 2.19. The fraction of sp³-hybridized carbons (Fsp3) is 0.800. The summed E-state index contributed by atoms with van der Waals surface area (Å²) in [5.74, 6) is -0.314. The van der Waals surface area contributed by atoms with Crippen molar-refractivity contribution in [1.82, 2.24) is 0 Å². The Labute approximate surface area is 124 Å². The molecule has 112 valence electrons. The first kappa shape index (κ1) is 18.7. The van der Waals surface area contributed by atoms with Crippen molar-refractivity contribution in [3.05, 3.63) is 12.7 Å². The SMILES string of the molecule is C=CC(=O)OCCCCCCCCCC[Si](C)(C)Cl. The summed E-state index contributed by atoms with van der Waals surface area (Å²) in [7, 11) is -1.34. The molecule has 0 rings (SSSR count). The Morgan fingerprint density at radius 1 is 1.05 bits per heavy atom. The third kappa shape index (κ3) is 15.7. The van der Waals surface area contributed by atoms with E-state index in [1.807, 2.05) is 0 Å². The highest BCUT2D eigenvalue weighted by atomic mass is 35.6. The van der Waals surface area contributed by atoms with Crippen LogP contribution in [0.2, 0.25) is 19.1 Å². The van der Waals surface area contributed by atoms with Gasteiger partial charge in [-0.2, -0.15) is 11.1 Å². The molecule has 0 unspecified atom stereocenters. The van der Waals surface area contributed by atoms with Crippen LogP contribution in [0.5, 0.6) is 0 Å². The maximum absolute atomic E-state index is 10.8. The highest BCUT2D eigenvalue weighted by molar-refractivity contribution is 7.19. The maximum Gasteiger partial charge on any atom is 0.330 e. The molecule has 0 aliphatic heterocycles. The van der Waals surface area contributed by atoms with Gasteiger partial charge < -0.3 is 4.74 Å². The smallest absolute Gasteiger partial charge is 0.330 e. The molecule has 0 saturated heterocycles. The quantitative estimate of drug-likeness (QED) is 0.161. The zero-order valence-corrected chi connectivity index (χ0v) is 14.3. The van der Waals surface area contributed by atoms with Gasteiger partial charge in [0.1, 0.15) is 7.38 Å². The van der Waals surface area contributed by atoms with Gasteiger partial charge in [0.05, 0.1) is 6.61 Å². The number of carbonyl (C=O) groups is 1. The van der Waals surface area contributed by atoms with Gasteiger partial charge in [0.15, 0.2) is 0 Å². The molecule has 0 fully saturated rings. The van der Waals surface area contributed by atoms with Crippen LogP contribution in [0.1, 0.15) is 51.4 Å². The molecule has 2 nitrogen and oxygen atoms in total. The summed E-state index contributed by atoms with van der Waals surface area (Å²) in [5.41, 5.74) is 0. The van der Waals surface area contributed by atoms with Crippen molar-refractivity contribution in [1.29, 1.82) is 0 Å². The number of esters is 1. The number of ether oxygens (including phenoxy) is 1. The third-order valence-corrected chi connectivity index (χ3v) is 5.19. The molecule has 0 saturated carbocycles. The summed E-state index contributed by atoms with van der Waals surface area (Å²) in [4.78, 5) is 10.8. The van der Waals surface area contributed by atoms with E-state index in [0.717, 1.165) is 12.8 Å². The van der Waals surface area contributed by atoms with Gasteiger partial charge >= 0.3 is 5.97 Å². The minimum Gasteiger partial charge on any atom is -0.463 e. The lowest BCUT2D eigenvalue weighted by Gasteiger charge is -2.11. The van der Waals surface area contributed by atoms with Crippen molar-refractivity contribution in [3.63, 3.8) is 0 Å². The van der Waals surface area contributed by atoms with E-state index in [4.69, 9.17) is 15.8 Å². The Bertz CT molecular complexity index is 249. The molecule has 0 aromatic rings. The lowest BCUT2D eigenvalue weighted by molar-refractivity contribution is -0.137. The van der Waals surface area contributed by atoms with Crippen molar-refractivity contribution < 1.29 is 9.53 Å². The molecule has 0 bridgehead atoms. The predicted octanol–water partition coefficient (Wildman–Crippen LogP) is 5.28. The Morgan fingerprint density at radius 2 is 1.53 bits per heavy atom. The van der Waals surface area contributed by atoms with E-state index in [0.29, 0.717) is 6.61 Å². The van der Waals surface area contributed by atoms with Gasteiger partial charge in [-0.15, -0.1) is 0 Å². The molecule has 0 aliphatic carbocycles. The van der Waals surface area contributed by atoms with E-state index in [1.165, 1.54) is 50.6 Å². The summed E-state index contributed by atoms with van der Waals surface area (Å²) >= 11 is 6.27. The fourth-order valence-corrected chi connectivity index (χ4v) is 3.43. The van der Waals surface area contributed by atoms with Crippen LogP contribution in [0.15, 0.2) is 12.7 Å². The molecule has 0 radical (unpaired) electrons. The van der Waals surface area contributed by atoms with E-state index in [9.17, 15) is 4.79 Å². The van der Waals surface area contributed by atoms with Gasteiger partial charge in [-0.05, 0) is 12.5 Å². The molecule has 0 heterocycles. The van der Waals surface area contributed by atoms with Gasteiger partial charge in [0, 0.05) is 6.08 Å². The Hall–Kier alpha value is -0.283. The van der Waals surface area contributed by atoms with Crippen LogP contribution in [-0.4, -0.2) is 20.0 Å². The average molecular weight is 305 g/mol. The predicted molar refractivity (Wildman–Crippen MR) is 86.2 cm³/mol. The molecule has 0 N–H and O–H groups in total. The summed E-state index contributed by atoms with van der Waals surface area (Å²) in [6, 6.07) is 1.24. The normalized spacial score (nSPS) is 11.3. The van der Waals surface area contributed by atoms with Crippen LogP contribution in [0.4, 0.5) is 0 Å². The third-order valence-electron chi connectivity index (χ3n) is 3.08. The molecule has 0 amide bonds. The first-order valence-electron chi connectivity index (χ1n) is 7.44. The zero-order valence-electron chi connectivity index (χ0n) is 12.5. The van der Waals surface area contributed by atoms with E-state index >= 15 is 0 Å². The summed E-state index contributed by atoms with van der Waals surface area (Å²) < 4.78 is 4.92. The van der Waals surface area contributed by atoms with E-state index in [1.54, 1.807) is 0 Å². The van der Waals surface area contributed by atoms with Gasteiger partial charge in [-0.25, -0.2) is 4.79 Å². The van der Waals surface area contributed by atoms with Gasteiger partial charge in [-0.1, -0.05) is 64.6 Å². The Kier molecular flexibility index (Phi) is 11.4. The monoisotopic (exact) mass is 304 g/mol. The number of unbranched alkanes of at least 4 members (excludes halogenated alkanes) is 7. The van der Waals surface area contributed by atoms with Crippen LogP contribution in [0, 0.1) is 0 Å². The minimum atomic E-state index is -1.34. The molecule has 4 heteroatoms. The van der Waals surface area contributed by atoms with E-state index in [2.05, 4.69) is 19.7 Å². The summed E-state index contributed by atoms with van der Waals surface area (Å²) in [6.45, 7) is 8.32. The molecular formula is C15H29ClO2Si. The van der Waals surface area contributed by atoms with E-state index in [-0.39, 0.29) is 5.97 Å². The second-order valence-electron chi connectivity index (χ2n) is 5.67. The molecule has 0 aromatic heterocycles. The van der Waals surface area contributed by atoms with Gasteiger partial charge in [-0.3, -0.25) is 0 Å². The number of hydrogen-bond donors (Lipinski definition) is 0. The van der Waals surface area contributed by atoms with Crippen LogP contribution < -0.4 is 0 Å². The largest absolute Gasteiger partial charge is 0.463 e. The maximum atomic E-state index is 10.8. The van der Waals surface area contributed by atoms with Crippen molar-refractivity contribution >= 4 is 24.4 Å². The number of rotatable bonds is 12. The minimum absolute atomic E-state index is 0.314. The standard InChI is InChI=1S/C15H29ClO2Si/c1-4-15(17)18-13-11-9-7-5-6-8-10-12-14-19(2,3)16/h4H,1,5-14H2,2-3H3. The van der Waals surface area contributed by atoms with Crippen molar-refractivity contribution in [2.75, 3.05) is 6.61 Å². The number of carbonyl (C=O) groups excluding carboxylic acids is 1. The highest BCUT2D eigenvalue weighted by Gasteiger charge is 2.15. The van der Waals surface area contributed by atoms with Crippen LogP contribution in [0.3, 0.4) is 0 Å². The Balaban J connectivity index is 3.11. The molecule has 19 heavy (non-hydrogen) atoms. The summed E-state index contributed by atoms with van der Waals surface area (Å²) in [6.07, 6.45) is 11.1. The molecule has 0 atom stereocenters. The molecule has 0 aliphatic rings. The van der Waals surface area contributed by atoms with Crippen molar-refractivity contribution in [2.24, 2.45) is 0 Å². The molecule has 0 spiro atoms. The fourth-order valence-electron chi connectivity index (χ4n) is 1.94. The van der Waals surface area contributed by atoms with Crippen molar-refractivity contribution in [3.8, 4) is 0 Å². The average Bonchev–Trinajstić information content (AvgIpc) is 2.34. The lowest BCUT2D eigenvalue weighted by Crippen LogP contribution is -2.14. The van der Waals surface area contributed by atoms with Crippen LogP contribution in [-0.2, 0) is 9.53 Å². The van der Waals surface area contributed by atoms with Crippen LogP contribution >= 0.6 is 11.1 Å².